The van der Waals surface area contributed by atoms with E-state index in [4.69, 9.17) is 14.2 Å². The molecule has 1 aliphatic carbocycles. The topological polar surface area (TPSA) is 47.9 Å². The molecule has 0 amide bonds. The van der Waals surface area contributed by atoms with Crippen LogP contribution in [0.3, 0.4) is 0 Å². The number of hydrogen-bond acceptors (Lipinski definition) is 5. The second-order valence-corrected chi connectivity index (χ2v) is 15.2. The molecule has 0 unspecified atom stereocenters. The van der Waals surface area contributed by atoms with E-state index in [1.54, 1.807) is 0 Å². The maximum absolute atomic E-state index is 11.1. The first-order valence-corrected chi connectivity index (χ1v) is 14.3. The van der Waals surface area contributed by atoms with Crippen LogP contribution < -0.4 is 10.4 Å². The van der Waals surface area contributed by atoms with Gasteiger partial charge in [-0.3, -0.25) is 9.79 Å². The summed E-state index contributed by atoms with van der Waals surface area (Å²) in [6, 6.07) is 21.7. The summed E-state index contributed by atoms with van der Waals surface area (Å²) in [7, 11) is -2.48. The van der Waals surface area contributed by atoms with Gasteiger partial charge in [0.25, 0.3) is 8.32 Å². The van der Waals surface area contributed by atoms with Gasteiger partial charge in [-0.1, -0.05) is 81.4 Å². The number of ether oxygens (including phenoxy) is 1. The Kier molecular flexibility index (Phi) is 6.93. The summed E-state index contributed by atoms with van der Waals surface area (Å²) < 4.78 is 12.2. The maximum atomic E-state index is 11.1. The van der Waals surface area contributed by atoms with Crippen LogP contribution in [0.15, 0.2) is 65.7 Å². The van der Waals surface area contributed by atoms with Gasteiger partial charge in [0.1, 0.15) is 6.61 Å². The molecule has 0 saturated heterocycles. The van der Waals surface area contributed by atoms with Gasteiger partial charge in [0.2, 0.25) is 0 Å². The molecular weight excluding hydrogens is 434 g/mol. The number of carbonyl (C=O) groups is 1. The molecule has 4 nitrogen and oxygen atoms in total. The van der Waals surface area contributed by atoms with Crippen molar-refractivity contribution in [3.05, 3.63) is 60.7 Å². The van der Waals surface area contributed by atoms with Gasteiger partial charge in [-0.2, -0.15) is 0 Å². The highest BCUT2D eigenvalue weighted by atomic mass is 32.2. The van der Waals surface area contributed by atoms with Crippen LogP contribution in [0, 0.1) is 11.8 Å². The van der Waals surface area contributed by atoms with Gasteiger partial charge in [0.05, 0.1) is 11.1 Å². The van der Waals surface area contributed by atoms with Crippen LogP contribution in [0.25, 0.3) is 0 Å². The highest BCUT2D eigenvalue weighted by molar-refractivity contribution is 8.14. The zero-order valence-electron chi connectivity index (χ0n) is 19.4. The van der Waals surface area contributed by atoms with Gasteiger partial charge in [0.15, 0.2) is 0 Å². The number of thioether (sulfide) groups is 1. The predicted octanol–water partition coefficient (Wildman–Crippen LogP) is 4.28. The molecule has 1 saturated carbocycles. The Morgan fingerprint density at radius 3 is 2.16 bits per heavy atom. The van der Waals surface area contributed by atoms with Crippen molar-refractivity contribution in [2.75, 3.05) is 19.0 Å². The van der Waals surface area contributed by atoms with Crippen LogP contribution >= 0.6 is 11.8 Å². The zero-order valence-corrected chi connectivity index (χ0v) is 21.2. The Bertz CT molecular complexity index is 919. The van der Waals surface area contributed by atoms with Gasteiger partial charge < -0.3 is 9.16 Å². The molecule has 1 heterocycles. The molecule has 6 heteroatoms. The van der Waals surface area contributed by atoms with Crippen molar-refractivity contribution in [3.63, 3.8) is 0 Å². The number of nitrogens with zero attached hydrogens (tertiary/aromatic N) is 1. The Morgan fingerprint density at radius 2 is 1.62 bits per heavy atom. The molecule has 4 rings (SSSR count). The minimum atomic E-state index is -2.48. The molecule has 0 radical (unpaired) electrons. The Balaban J connectivity index is 1.52. The quantitative estimate of drug-likeness (QED) is 0.430. The molecule has 2 aromatic carbocycles. The van der Waals surface area contributed by atoms with E-state index in [2.05, 4.69) is 81.4 Å². The van der Waals surface area contributed by atoms with E-state index in [-0.39, 0.29) is 17.0 Å². The number of aliphatic imine (C=N–C) groups is 1. The highest BCUT2D eigenvalue weighted by Gasteiger charge is 2.52. The van der Waals surface area contributed by atoms with Gasteiger partial charge in [0, 0.05) is 25.2 Å². The summed E-state index contributed by atoms with van der Waals surface area (Å²) in [6.07, 6.45) is 1.13. The molecule has 0 N–H and O–H groups in total. The van der Waals surface area contributed by atoms with Crippen LogP contribution in [0.2, 0.25) is 5.04 Å². The molecule has 0 bridgehead atoms. The zero-order chi connectivity index (χ0) is 22.8. The summed E-state index contributed by atoms with van der Waals surface area (Å²) in [5.41, 5.74) is 0. The summed E-state index contributed by atoms with van der Waals surface area (Å²) >= 11 is 1.82. The molecule has 1 fully saturated rings. The van der Waals surface area contributed by atoms with Crippen LogP contribution in [-0.4, -0.2) is 44.3 Å². The van der Waals surface area contributed by atoms with Gasteiger partial charge >= 0.3 is 5.97 Å². The van der Waals surface area contributed by atoms with Gasteiger partial charge in [-0.05, 0) is 27.8 Å². The molecule has 32 heavy (non-hydrogen) atoms. The smallest absolute Gasteiger partial charge is 0.302 e. The summed E-state index contributed by atoms with van der Waals surface area (Å²) in [5.74, 6) is 1.67. The number of hydrogen-bond donors (Lipinski definition) is 0. The normalized spacial score (nSPS) is 23.0. The minimum Gasteiger partial charge on any atom is -0.464 e. The van der Waals surface area contributed by atoms with Crippen molar-refractivity contribution in [2.24, 2.45) is 16.8 Å². The first-order valence-electron chi connectivity index (χ1n) is 11.4. The lowest BCUT2D eigenvalue weighted by Crippen LogP contribution is -2.66. The van der Waals surface area contributed by atoms with Crippen LogP contribution in [-0.2, 0) is 14.0 Å². The van der Waals surface area contributed by atoms with Gasteiger partial charge in [-0.25, -0.2) is 0 Å². The molecule has 0 spiro atoms. The van der Waals surface area contributed by atoms with Crippen molar-refractivity contribution in [1.82, 2.24) is 0 Å². The number of carbonyl (C=O) groups excluding carboxylic acids is 1. The molecule has 170 valence electrons. The minimum absolute atomic E-state index is 0.00512. The van der Waals surface area contributed by atoms with Crippen molar-refractivity contribution in [3.8, 4) is 0 Å². The van der Waals surface area contributed by atoms with Crippen molar-refractivity contribution in [2.45, 2.75) is 45.2 Å². The molecule has 1 aliphatic heterocycles. The maximum Gasteiger partial charge on any atom is 0.302 e. The summed E-state index contributed by atoms with van der Waals surface area (Å²) in [5, 5.41) is 3.86. The third-order valence-electron chi connectivity index (χ3n) is 6.38. The lowest BCUT2D eigenvalue weighted by molar-refractivity contribution is -0.141. The fraction of sp³-hybridized carbons (Fsp3) is 0.462. The molecule has 2 aromatic rings. The lowest BCUT2D eigenvalue weighted by atomic mass is 10.2. The third-order valence-corrected chi connectivity index (χ3v) is 12.6. The summed E-state index contributed by atoms with van der Waals surface area (Å²) in [4.78, 5) is 15.9. The van der Waals surface area contributed by atoms with E-state index in [0.29, 0.717) is 18.4 Å². The van der Waals surface area contributed by atoms with E-state index < -0.39 is 8.32 Å². The van der Waals surface area contributed by atoms with Crippen molar-refractivity contribution < 1.29 is 14.0 Å². The molecular formula is C26H33NO3SSi. The first kappa shape index (κ1) is 23.3. The lowest BCUT2D eigenvalue weighted by Gasteiger charge is -2.43. The van der Waals surface area contributed by atoms with E-state index in [9.17, 15) is 4.79 Å². The average molecular weight is 468 g/mol. The number of esters is 1. The van der Waals surface area contributed by atoms with E-state index in [1.165, 1.54) is 22.3 Å². The Hall–Kier alpha value is -1.89. The monoisotopic (exact) mass is 467 g/mol. The largest absolute Gasteiger partial charge is 0.464 e. The summed E-state index contributed by atoms with van der Waals surface area (Å²) in [6.45, 7) is 9.56. The fourth-order valence-electron chi connectivity index (χ4n) is 4.67. The van der Waals surface area contributed by atoms with Crippen LogP contribution in [0.1, 0.15) is 34.1 Å². The predicted molar refractivity (Wildman–Crippen MR) is 135 cm³/mol. The fourth-order valence-corrected chi connectivity index (χ4v) is 10.5. The Labute approximate surface area is 196 Å². The molecule has 0 aromatic heterocycles. The van der Waals surface area contributed by atoms with Crippen molar-refractivity contribution >= 4 is 41.5 Å². The first-order chi connectivity index (χ1) is 15.3. The van der Waals surface area contributed by atoms with E-state index in [0.717, 1.165) is 18.8 Å². The Morgan fingerprint density at radius 1 is 1.03 bits per heavy atom. The molecule has 2 aliphatic rings. The highest BCUT2D eigenvalue weighted by Crippen LogP contribution is 2.46. The second-order valence-electron chi connectivity index (χ2n) is 9.81. The second kappa shape index (κ2) is 9.54. The van der Waals surface area contributed by atoms with Crippen LogP contribution in [0.4, 0.5) is 0 Å². The van der Waals surface area contributed by atoms with E-state index in [1.807, 2.05) is 11.8 Å². The third kappa shape index (κ3) is 4.87. The number of rotatable bonds is 8. The van der Waals surface area contributed by atoms with Crippen LogP contribution in [0.5, 0.6) is 0 Å². The molecule has 3 atom stereocenters. The van der Waals surface area contributed by atoms with Gasteiger partial charge in [-0.15, -0.1) is 11.8 Å². The average Bonchev–Trinajstić information content (AvgIpc) is 3.39. The van der Waals surface area contributed by atoms with E-state index >= 15 is 0 Å². The standard InChI is InChI=1S/C26H33NO3SSi/c1-19(28)29-17-21-18-31-25(27-21)24-15-20(24)16-30-32(26(2,3)4,22-11-7-5-8-12-22)23-13-9-6-10-14-23/h5-14,20-21,24H,15-18H2,1-4H3/t20-,21-,24-/m1/s1. The SMILES string of the molecule is CC(=O)OC[C@@H]1CSC([C@@H]2C[C@@H]2CO[Si](c2ccccc2)(c2ccccc2)C(C)(C)C)=N1. The number of benzene rings is 2. The van der Waals surface area contributed by atoms with Crippen molar-refractivity contribution in [1.29, 1.82) is 0 Å².